The molecule has 0 aliphatic heterocycles. The number of hydrogen-bond donors (Lipinski definition) is 1. The Kier molecular flexibility index (Phi) is 7.29. The molecule has 2 aromatic heterocycles. The Hall–Kier alpha value is -3.63. The minimum atomic E-state index is -0.518. The lowest BCUT2D eigenvalue weighted by molar-refractivity contribution is -0.113. The van der Waals surface area contributed by atoms with Gasteiger partial charge in [-0.3, -0.25) is 4.79 Å². The standard InChI is InChI=1S/C24H22N4O4S2/c1-28-21(16-7-5-4-6-8-16)26-27-24(28)34-14-19(29)25-22-20(23(30)32-3)18(13-33-22)15-9-11-17(31-2)12-10-15/h4-13H,14H2,1-3H3,(H,25,29). The van der Waals surface area contributed by atoms with E-state index < -0.39 is 5.97 Å². The first-order valence-electron chi connectivity index (χ1n) is 10.2. The Balaban J connectivity index is 1.48. The lowest BCUT2D eigenvalue weighted by Crippen LogP contribution is -2.16. The second-order valence-corrected chi connectivity index (χ2v) is 8.96. The molecule has 2 aromatic carbocycles. The smallest absolute Gasteiger partial charge is 0.341 e. The van der Waals surface area contributed by atoms with Gasteiger partial charge >= 0.3 is 5.97 Å². The van der Waals surface area contributed by atoms with Crippen molar-refractivity contribution < 1.29 is 19.1 Å². The van der Waals surface area contributed by atoms with Gasteiger partial charge in [0.2, 0.25) is 5.91 Å². The van der Waals surface area contributed by atoms with Crippen LogP contribution in [-0.4, -0.2) is 46.6 Å². The molecule has 34 heavy (non-hydrogen) atoms. The van der Waals surface area contributed by atoms with Crippen molar-refractivity contribution in [1.29, 1.82) is 0 Å². The summed E-state index contributed by atoms with van der Waals surface area (Å²) in [5.74, 6) is 0.762. The zero-order valence-electron chi connectivity index (χ0n) is 18.8. The lowest BCUT2D eigenvalue weighted by Gasteiger charge is -2.08. The average molecular weight is 495 g/mol. The number of rotatable bonds is 8. The number of amides is 1. The second kappa shape index (κ2) is 10.5. The summed E-state index contributed by atoms with van der Waals surface area (Å²) in [4.78, 5) is 25.3. The summed E-state index contributed by atoms with van der Waals surface area (Å²) in [6, 6.07) is 17.1. The van der Waals surface area contributed by atoms with Crippen molar-refractivity contribution in [2.75, 3.05) is 25.3 Å². The van der Waals surface area contributed by atoms with Crippen LogP contribution in [0.3, 0.4) is 0 Å². The molecule has 1 N–H and O–H groups in total. The number of thiophene rings is 1. The van der Waals surface area contributed by atoms with Gasteiger partial charge in [0.15, 0.2) is 11.0 Å². The van der Waals surface area contributed by atoms with E-state index in [1.165, 1.54) is 30.2 Å². The first kappa shape index (κ1) is 23.5. The van der Waals surface area contributed by atoms with Crippen LogP contribution in [0.4, 0.5) is 5.00 Å². The molecule has 0 aliphatic carbocycles. The van der Waals surface area contributed by atoms with Crippen LogP contribution < -0.4 is 10.1 Å². The zero-order valence-corrected chi connectivity index (χ0v) is 20.4. The van der Waals surface area contributed by atoms with E-state index in [4.69, 9.17) is 9.47 Å². The van der Waals surface area contributed by atoms with E-state index in [0.29, 0.717) is 27.0 Å². The van der Waals surface area contributed by atoms with Crippen LogP contribution in [0.1, 0.15) is 10.4 Å². The number of benzene rings is 2. The van der Waals surface area contributed by atoms with Crippen molar-refractivity contribution in [3.8, 4) is 28.3 Å². The van der Waals surface area contributed by atoms with Crippen LogP contribution in [0, 0.1) is 0 Å². The Morgan fingerprint density at radius 3 is 2.44 bits per heavy atom. The molecule has 4 rings (SSSR count). The first-order chi connectivity index (χ1) is 16.5. The third kappa shape index (κ3) is 4.97. The zero-order chi connectivity index (χ0) is 24.1. The van der Waals surface area contributed by atoms with Crippen molar-refractivity contribution in [2.24, 2.45) is 7.05 Å². The van der Waals surface area contributed by atoms with E-state index >= 15 is 0 Å². The number of methoxy groups -OCH3 is 2. The van der Waals surface area contributed by atoms with E-state index in [-0.39, 0.29) is 11.7 Å². The molecule has 0 radical (unpaired) electrons. The molecule has 0 aliphatic rings. The van der Waals surface area contributed by atoms with Crippen LogP contribution in [0.15, 0.2) is 65.1 Å². The fraction of sp³-hybridized carbons (Fsp3) is 0.167. The fourth-order valence-electron chi connectivity index (χ4n) is 3.31. The molecule has 0 atom stereocenters. The van der Waals surface area contributed by atoms with Crippen LogP contribution in [0.2, 0.25) is 0 Å². The summed E-state index contributed by atoms with van der Waals surface area (Å²) in [6.45, 7) is 0. The van der Waals surface area contributed by atoms with Crippen molar-refractivity contribution >= 4 is 40.0 Å². The SMILES string of the molecule is COC(=O)c1c(-c2ccc(OC)cc2)csc1NC(=O)CSc1nnc(-c2ccccc2)n1C. The summed E-state index contributed by atoms with van der Waals surface area (Å²) >= 11 is 2.54. The molecule has 4 aromatic rings. The highest BCUT2D eigenvalue weighted by molar-refractivity contribution is 7.99. The second-order valence-electron chi connectivity index (χ2n) is 7.14. The summed E-state index contributed by atoms with van der Waals surface area (Å²) in [6.07, 6.45) is 0. The van der Waals surface area contributed by atoms with Gasteiger partial charge in [-0.25, -0.2) is 4.79 Å². The van der Waals surface area contributed by atoms with E-state index in [0.717, 1.165) is 17.0 Å². The number of carbonyl (C=O) groups is 2. The van der Waals surface area contributed by atoms with Crippen molar-refractivity contribution in [2.45, 2.75) is 5.16 Å². The highest BCUT2D eigenvalue weighted by Crippen LogP contribution is 2.37. The van der Waals surface area contributed by atoms with Crippen LogP contribution >= 0.6 is 23.1 Å². The fourth-order valence-corrected chi connectivity index (χ4v) is 4.99. The van der Waals surface area contributed by atoms with E-state index in [1.54, 1.807) is 7.11 Å². The number of esters is 1. The molecule has 0 saturated carbocycles. The van der Waals surface area contributed by atoms with Crippen molar-refractivity contribution in [3.63, 3.8) is 0 Å². The molecular formula is C24H22N4O4S2. The van der Waals surface area contributed by atoms with E-state index in [1.807, 2.05) is 71.6 Å². The normalized spacial score (nSPS) is 10.7. The molecule has 0 fully saturated rings. The lowest BCUT2D eigenvalue weighted by atomic mass is 10.0. The summed E-state index contributed by atoms with van der Waals surface area (Å²) < 4.78 is 12.0. The molecule has 0 saturated heterocycles. The minimum absolute atomic E-state index is 0.108. The molecule has 2 heterocycles. The Morgan fingerprint density at radius 2 is 1.76 bits per heavy atom. The van der Waals surface area contributed by atoms with Gasteiger partial charge < -0.3 is 19.4 Å². The molecule has 174 valence electrons. The van der Waals surface area contributed by atoms with Gasteiger partial charge in [0.25, 0.3) is 0 Å². The highest BCUT2D eigenvalue weighted by atomic mass is 32.2. The maximum Gasteiger partial charge on any atom is 0.341 e. The molecule has 0 unspecified atom stereocenters. The number of aromatic nitrogens is 3. The number of ether oxygens (including phenoxy) is 2. The van der Waals surface area contributed by atoms with Crippen LogP contribution in [0.5, 0.6) is 5.75 Å². The van der Waals surface area contributed by atoms with E-state index in [9.17, 15) is 9.59 Å². The van der Waals surface area contributed by atoms with Gasteiger partial charge in [0.1, 0.15) is 16.3 Å². The molecule has 8 nitrogen and oxygen atoms in total. The maximum atomic E-state index is 12.7. The Labute approximate surface area is 204 Å². The predicted octanol–water partition coefficient (Wildman–Crippen LogP) is 4.74. The number of hydrogen-bond acceptors (Lipinski definition) is 8. The molecule has 0 bridgehead atoms. The molecule has 0 spiro atoms. The van der Waals surface area contributed by atoms with Gasteiger partial charge in [0.05, 0.1) is 20.0 Å². The maximum absolute atomic E-state index is 12.7. The third-order valence-corrected chi connectivity index (χ3v) is 6.95. The molecule has 10 heteroatoms. The first-order valence-corrected chi connectivity index (χ1v) is 12.1. The monoisotopic (exact) mass is 494 g/mol. The average Bonchev–Trinajstić information content (AvgIpc) is 3.46. The number of anilines is 1. The Morgan fingerprint density at radius 1 is 1.03 bits per heavy atom. The number of thioether (sulfide) groups is 1. The number of nitrogens with zero attached hydrogens (tertiary/aromatic N) is 3. The van der Waals surface area contributed by atoms with Crippen molar-refractivity contribution in [3.05, 3.63) is 65.5 Å². The van der Waals surface area contributed by atoms with Gasteiger partial charge in [-0.1, -0.05) is 54.2 Å². The van der Waals surface area contributed by atoms with E-state index in [2.05, 4.69) is 15.5 Å². The van der Waals surface area contributed by atoms with Crippen LogP contribution in [-0.2, 0) is 16.6 Å². The van der Waals surface area contributed by atoms with Gasteiger partial charge in [0, 0.05) is 23.6 Å². The topological polar surface area (TPSA) is 95.3 Å². The van der Waals surface area contributed by atoms with Gasteiger partial charge in [-0.2, -0.15) is 0 Å². The predicted molar refractivity (Wildman–Crippen MR) is 133 cm³/mol. The number of nitrogens with one attached hydrogen (secondary N) is 1. The van der Waals surface area contributed by atoms with Crippen LogP contribution in [0.25, 0.3) is 22.5 Å². The molecule has 1 amide bonds. The summed E-state index contributed by atoms with van der Waals surface area (Å²) in [7, 11) is 4.77. The van der Waals surface area contributed by atoms with Gasteiger partial charge in [-0.05, 0) is 17.7 Å². The highest BCUT2D eigenvalue weighted by Gasteiger charge is 2.23. The number of carbonyl (C=O) groups excluding carboxylic acids is 2. The Bertz CT molecular complexity index is 1300. The third-order valence-electron chi connectivity index (χ3n) is 5.03. The largest absolute Gasteiger partial charge is 0.497 e. The summed E-state index contributed by atoms with van der Waals surface area (Å²) in [5, 5.41) is 14.2. The quantitative estimate of drug-likeness (QED) is 0.279. The minimum Gasteiger partial charge on any atom is -0.497 e. The molecular weight excluding hydrogens is 472 g/mol. The van der Waals surface area contributed by atoms with Gasteiger partial charge in [-0.15, -0.1) is 21.5 Å². The summed E-state index contributed by atoms with van der Waals surface area (Å²) in [5.41, 5.74) is 2.77. The van der Waals surface area contributed by atoms with Crippen molar-refractivity contribution in [1.82, 2.24) is 14.8 Å².